The van der Waals surface area contributed by atoms with Crippen molar-refractivity contribution < 1.29 is 19.4 Å². The Balaban J connectivity index is 1.84. The molecule has 0 aromatic heterocycles. The van der Waals surface area contributed by atoms with Gasteiger partial charge in [-0.3, -0.25) is 4.79 Å². The van der Waals surface area contributed by atoms with Crippen molar-refractivity contribution in [2.24, 2.45) is 0 Å². The quantitative estimate of drug-likeness (QED) is 0.827. The lowest BCUT2D eigenvalue weighted by atomic mass is 10.0. The summed E-state index contributed by atoms with van der Waals surface area (Å²) < 4.78 is 10.4. The van der Waals surface area contributed by atoms with Gasteiger partial charge in [0.25, 0.3) is 6.47 Å². The third-order valence-corrected chi connectivity index (χ3v) is 3.96. The predicted octanol–water partition coefficient (Wildman–Crippen LogP) is 4.00. The van der Waals surface area contributed by atoms with Crippen molar-refractivity contribution in [1.82, 2.24) is 0 Å². The van der Waals surface area contributed by atoms with Crippen LogP contribution in [0.4, 0.5) is 5.69 Å². The molecule has 0 atom stereocenters. The van der Waals surface area contributed by atoms with Gasteiger partial charge in [-0.05, 0) is 41.5 Å². The van der Waals surface area contributed by atoms with E-state index in [0.29, 0.717) is 0 Å². The van der Waals surface area contributed by atoms with Crippen molar-refractivity contribution >= 4 is 23.8 Å². The zero-order valence-corrected chi connectivity index (χ0v) is 14.5. The zero-order chi connectivity index (χ0) is 18.5. The molecule has 0 radical (unpaired) electrons. The van der Waals surface area contributed by atoms with E-state index in [9.17, 15) is 9.90 Å². The number of phenols is 1. The lowest BCUT2D eigenvalue weighted by Crippen LogP contribution is -2.09. The monoisotopic (exact) mass is 349 g/mol. The number of benzene rings is 2. The van der Waals surface area contributed by atoms with E-state index in [1.807, 2.05) is 61.5 Å². The van der Waals surface area contributed by atoms with Gasteiger partial charge in [0, 0.05) is 31.4 Å². The molecule has 0 amide bonds. The van der Waals surface area contributed by atoms with Gasteiger partial charge in [-0.25, -0.2) is 0 Å². The molecule has 26 heavy (non-hydrogen) atoms. The van der Waals surface area contributed by atoms with Crippen LogP contribution < -0.4 is 14.4 Å². The van der Waals surface area contributed by atoms with Crippen LogP contribution in [0.1, 0.15) is 11.1 Å². The van der Waals surface area contributed by atoms with E-state index in [-0.39, 0.29) is 18.0 Å². The molecule has 0 fully saturated rings. The molecule has 1 aliphatic rings. The zero-order valence-electron chi connectivity index (χ0n) is 14.5. The lowest BCUT2D eigenvalue weighted by molar-refractivity contribution is -0.120. The van der Waals surface area contributed by atoms with Crippen molar-refractivity contribution in [3.05, 3.63) is 72.0 Å². The average Bonchev–Trinajstić information content (AvgIpc) is 2.64. The normalized spacial score (nSPS) is 14.2. The minimum atomic E-state index is -0.0782. The van der Waals surface area contributed by atoms with Crippen molar-refractivity contribution in [3.63, 3.8) is 0 Å². The number of fused-ring (bicyclic) bond motifs is 1. The molecule has 0 bridgehead atoms. The third-order valence-electron chi connectivity index (χ3n) is 3.96. The summed E-state index contributed by atoms with van der Waals surface area (Å²) in [6.07, 6.45) is 9.30. The van der Waals surface area contributed by atoms with Crippen LogP contribution in [0, 0.1) is 0 Å². The lowest BCUT2D eigenvalue weighted by Gasteiger charge is -2.18. The molecule has 0 saturated heterocycles. The first-order chi connectivity index (χ1) is 12.6. The highest BCUT2D eigenvalue weighted by Crippen LogP contribution is 2.34. The van der Waals surface area contributed by atoms with Crippen LogP contribution in [0.25, 0.3) is 11.6 Å². The number of carbonyl (C=O) groups excluding carboxylic acids is 1. The second-order valence-electron chi connectivity index (χ2n) is 5.92. The predicted molar refractivity (Wildman–Crippen MR) is 102 cm³/mol. The highest BCUT2D eigenvalue weighted by molar-refractivity contribution is 5.82. The average molecular weight is 349 g/mol. The number of nitrogens with zero attached hydrogens (tertiary/aromatic N) is 1. The van der Waals surface area contributed by atoms with Crippen molar-refractivity contribution in [2.45, 2.75) is 0 Å². The van der Waals surface area contributed by atoms with Crippen molar-refractivity contribution in [3.8, 4) is 17.2 Å². The van der Waals surface area contributed by atoms with E-state index in [2.05, 4.69) is 0 Å². The van der Waals surface area contributed by atoms with Crippen LogP contribution in [-0.2, 0) is 4.79 Å². The maximum atomic E-state index is 10.5. The molecule has 0 aliphatic carbocycles. The number of hydrogen-bond acceptors (Lipinski definition) is 5. The Morgan fingerprint density at radius 1 is 1.15 bits per heavy atom. The Bertz CT molecular complexity index is 910. The van der Waals surface area contributed by atoms with Crippen molar-refractivity contribution in [1.29, 1.82) is 0 Å². The molecule has 5 heteroatoms. The van der Waals surface area contributed by atoms with Crippen LogP contribution in [0.3, 0.4) is 0 Å². The van der Waals surface area contributed by atoms with E-state index < -0.39 is 0 Å². The van der Waals surface area contributed by atoms with Gasteiger partial charge in [0.1, 0.15) is 5.75 Å². The molecule has 5 nitrogen and oxygen atoms in total. The van der Waals surface area contributed by atoms with Gasteiger partial charge in [0.2, 0.25) is 0 Å². The second kappa shape index (κ2) is 7.61. The van der Waals surface area contributed by atoms with Crippen molar-refractivity contribution in [2.75, 3.05) is 19.0 Å². The number of allylic oxidation sites excluding steroid dienone is 4. The Kier molecular flexibility index (Phi) is 5.08. The topological polar surface area (TPSA) is 59.0 Å². The van der Waals surface area contributed by atoms with Gasteiger partial charge in [0.05, 0.1) is 6.26 Å². The molecule has 1 N–H and O–H groups in total. The summed E-state index contributed by atoms with van der Waals surface area (Å²) in [5.74, 6) is 0.859. The Labute approximate surface area is 152 Å². The first kappa shape index (κ1) is 17.4. The van der Waals surface area contributed by atoms with Gasteiger partial charge in [-0.2, -0.15) is 0 Å². The Morgan fingerprint density at radius 2 is 2.00 bits per heavy atom. The fourth-order valence-corrected chi connectivity index (χ4v) is 2.58. The summed E-state index contributed by atoms with van der Waals surface area (Å²) in [5, 5.41) is 9.62. The molecular formula is C21H19NO4. The van der Waals surface area contributed by atoms with Gasteiger partial charge < -0.3 is 19.5 Å². The maximum Gasteiger partial charge on any atom is 0.298 e. The molecular weight excluding hydrogens is 330 g/mol. The van der Waals surface area contributed by atoms with Gasteiger partial charge in [0.15, 0.2) is 11.5 Å². The minimum absolute atomic E-state index is 0.0782. The Morgan fingerprint density at radius 3 is 2.77 bits per heavy atom. The second-order valence-corrected chi connectivity index (χ2v) is 5.92. The summed E-state index contributed by atoms with van der Waals surface area (Å²) in [6, 6.07) is 10.9. The van der Waals surface area contributed by atoms with Crippen LogP contribution in [0.15, 0.2) is 60.9 Å². The number of aromatic hydroxyl groups is 1. The van der Waals surface area contributed by atoms with Crippen LogP contribution in [0.2, 0.25) is 0 Å². The number of carbonyl (C=O) groups is 1. The minimum Gasteiger partial charge on any atom is -0.504 e. The number of anilines is 1. The summed E-state index contributed by atoms with van der Waals surface area (Å²) in [4.78, 5) is 12.5. The smallest absolute Gasteiger partial charge is 0.298 e. The standard InChI is InChI=1S/C21H19NO4/c1-22(2)17-7-8-18-16(10-11-25-20(18)13-17)5-3-4-15-6-9-19(24)21(12-15)26-14-23/h3-14,24H,1-2H3/b4-3+,16-5+. The van der Waals surface area contributed by atoms with Crippen LogP contribution >= 0.6 is 0 Å². The van der Waals surface area contributed by atoms with E-state index in [1.54, 1.807) is 18.4 Å². The fourth-order valence-electron chi connectivity index (χ4n) is 2.58. The molecule has 0 spiro atoms. The number of hydrogen-bond donors (Lipinski definition) is 1. The largest absolute Gasteiger partial charge is 0.504 e. The summed E-state index contributed by atoms with van der Waals surface area (Å²) >= 11 is 0. The van der Waals surface area contributed by atoms with Crippen LogP contribution in [-0.4, -0.2) is 25.7 Å². The summed E-state index contributed by atoms with van der Waals surface area (Å²) in [6.45, 7) is 0.288. The van der Waals surface area contributed by atoms with Gasteiger partial charge in [-0.15, -0.1) is 0 Å². The number of ether oxygens (including phenoxy) is 2. The Hall–Kier alpha value is -3.47. The summed E-state index contributed by atoms with van der Waals surface area (Å²) in [7, 11) is 3.97. The van der Waals surface area contributed by atoms with Gasteiger partial charge >= 0.3 is 0 Å². The SMILES string of the molecule is CN(C)c1ccc2c(c1)OC=C/C2=C\C=C\c1ccc(O)c(OC=O)c1. The van der Waals surface area contributed by atoms with E-state index in [0.717, 1.165) is 28.1 Å². The molecule has 1 aliphatic heterocycles. The molecule has 0 unspecified atom stereocenters. The van der Waals surface area contributed by atoms with Crippen LogP contribution in [0.5, 0.6) is 17.2 Å². The highest BCUT2D eigenvalue weighted by Gasteiger charge is 2.12. The highest BCUT2D eigenvalue weighted by atomic mass is 16.5. The van der Waals surface area contributed by atoms with E-state index in [4.69, 9.17) is 9.47 Å². The molecule has 0 saturated carbocycles. The first-order valence-corrected chi connectivity index (χ1v) is 8.05. The first-order valence-electron chi connectivity index (χ1n) is 8.05. The summed E-state index contributed by atoms with van der Waals surface area (Å²) in [5.41, 5.74) is 3.91. The molecule has 1 heterocycles. The molecule has 2 aromatic rings. The molecule has 132 valence electrons. The number of phenolic OH excluding ortho intramolecular Hbond substituents is 1. The molecule has 2 aromatic carbocycles. The number of rotatable bonds is 5. The maximum absolute atomic E-state index is 10.5. The third kappa shape index (κ3) is 3.78. The molecule has 3 rings (SSSR count). The van der Waals surface area contributed by atoms with Gasteiger partial charge in [-0.1, -0.05) is 24.3 Å². The fraction of sp³-hybridized carbons (Fsp3) is 0.0952. The van der Waals surface area contributed by atoms with E-state index in [1.165, 1.54) is 6.07 Å². The van der Waals surface area contributed by atoms with E-state index >= 15 is 0 Å².